The monoisotopic (exact) mass is 274 g/mol. The van der Waals surface area contributed by atoms with E-state index in [9.17, 15) is 10.1 Å². The summed E-state index contributed by atoms with van der Waals surface area (Å²) in [5.74, 6) is 0.885. The maximum Gasteiger partial charge on any atom is 0.311 e. The molecule has 104 valence electrons. The molecule has 0 fully saturated rings. The van der Waals surface area contributed by atoms with Crippen LogP contribution in [0.4, 0.5) is 17.2 Å². The minimum atomic E-state index is -0.478. The number of benzene rings is 1. The Morgan fingerprint density at radius 1 is 1.35 bits per heavy atom. The molecule has 20 heavy (non-hydrogen) atoms. The second-order valence-electron chi connectivity index (χ2n) is 3.98. The highest BCUT2D eigenvalue weighted by atomic mass is 16.6. The largest absolute Gasteiger partial charge is 0.492 e. The standard InChI is InChI=1S/C13H14N4O3/c14-10-3-1-4-11(9-10)20-8-7-16-13-12(17(18)19)5-2-6-15-13/h1-6,9H,7-8,14H2,(H,15,16). The molecule has 1 aromatic carbocycles. The zero-order chi connectivity index (χ0) is 14.4. The van der Waals surface area contributed by atoms with E-state index in [-0.39, 0.29) is 11.5 Å². The summed E-state index contributed by atoms with van der Waals surface area (Å²) in [5, 5.41) is 13.7. The Morgan fingerprint density at radius 2 is 2.20 bits per heavy atom. The van der Waals surface area contributed by atoms with E-state index >= 15 is 0 Å². The Kier molecular flexibility index (Phi) is 4.33. The van der Waals surface area contributed by atoms with E-state index in [0.717, 1.165) is 0 Å². The molecule has 0 spiro atoms. The maximum absolute atomic E-state index is 10.8. The van der Waals surface area contributed by atoms with Crippen LogP contribution in [0.3, 0.4) is 0 Å². The van der Waals surface area contributed by atoms with E-state index < -0.39 is 4.92 Å². The van der Waals surface area contributed by atoms with Crippen molar-refractivity contribution in [3.63, 3.8) is 0 Å². The number of ether oxygens (including phenoxy) is 1. The molecule has 3 N–H and O–H groups in total. The molecule has 7 heteroatoms. The van der Waals surface area contributed by atoms with Crippen LogP contribution >= 0.6 is 0 Å². The van der Waals surface area contributed by atoms with E-state index in [0.29, 0.717) is 24.6 Å². The molecule has 0 aliphatic carbocycles. The molecule has 0 atom stereocenters. The predicted molar refractivity (Wildman–Crippen MR) is 75.7 cm³/mol. The van der Waals surface area contributed by atoms with E-state index in [1.165, 1.54) is 18.3 Å². The zero-order valence-corrected chi connectivity index (χ0v) is 10.7. The first-order valence-electron chi connectivity index (χ1n) is 5.98. The van der Waals surface area contributed by atoms with Crippen LogP contribution < -0.4 is 15.8 Å². The van der Waals surface area contributed by atoms with E-state index in [4.69, 9.17) is 10.5 Å². The number of nitro groups is 1. The molecule has 1 heterocycles. The molecule has 0 saturated heterocycles. The van der Waals surface area contributed by atoms with Crippen LogP contribution in [-0.4, -0.2) is 23.1 Å². The molecule has 0 aliphatic heterocycles. The number of nitrogens with zero attached hydrogens (tertiary/aromatic N) is 2. The number of anilines is 2. The van der Waals surface area contributed by atoms with Gasteiger partial charge in [-0.15, -0.1) is 0 Å². The Bertz CT molecular complexity index is 604. The van der Waals surface area contributed by atoms with E-state index in [1.54, 1.807) is 24.3 Å². The van der Waals surface area contributed by atoms with Crippen molar-refractivity contribution in [3.05, 3.63) is 52.7 Å². The van der Waals surface area contributed by atoms with Crippen LogP contribution in [0.1, 0.15) is 0 Å². The van der Waals surface area contributed by atoms with E-state index in [1.807, 2.05) is 0 Å². The minimum Gasteiger partial charge on any atom is -0.492 e. The van der Waals surface area contributed by atoms with Gasteiger partial charge in [-0.2, -0.15) is 0 Å². The van der Waals surface area contributed by atoms with Crippen molar-refractivity contribution in [2.45, 2.75) is 0 Å². The first-order valence-corrected chi connectivity index (χ1v) is 5.98. The molecule has 7 nitrogen and oxygen atoms in total. The fourth-order valence-corrected chi connectivity index (χ4v) is 1.62. The van der Waals surface area contributed by atoms with Crippen LogP contribution in [-0.2, 0) is 0 Å². The quantitative estimate of drug-likeness (QED) is 0.361. The predicted octanol–water partition coefficient (Wildman–Crippen LogP) is 2.06. The lowest BCUT2D eigenvalue weighted by molar-refractivity contribution is -0.384. The van der Waals surface area contributed by atoms with Gasteiger partial charge >= 0.3 is 5.69 Å². The summed E-state index contributed by atoms with van der Waals surface area (Å²) >= 11 is 0. The number of nitrogens with two attached hydrogens (primary N) is 1. The maximum atomic E-state index is 10.8. The lowest BCUT2D eigenvalue weighted by Gasteiger charge is -2.08. The molecular weight excluding hydrogens is 260 g/mol. The number of hydrogen-bond donors (Lipinski definition) is 2. The Labute approximate surface area is 115 Å². The van der Waals surface area contributed by atoms with Crippen LogP contribution in [0.15, 0.2) is 42.6 Å². The first-order chi connectivity index (χ1) is 9.66. The van der Waals surface area contributed by atoms with Crippen LogP contribution in [0.5, 0.6) is 5.75 Å². The van der Waals surface area contributed by atoms with E-state index in [2.05, 4.69) is 10.3 Å². The van der Waals surface area contributed by atoms with Gasteiger partial charge in [0.15, 0.2) is 0 Å². The highest BCUT2D eigenvalue weighted by Gasteiger charge is 2.12. The molecule has 0 amide bonds. The molecular formula is C13H14N4O3. The second kappa shape index (κ2) is 6.37. The van der Waals surface area contributed by atoms with Crippen molar-refractivity contribution in [2.24, 2.45) is 0 Å². The van der Waals surface area contributed by atoms with Gasteiger partial charge in [0.25, 0.3) is 0 Å². The number of hydrogen-bond acceptors (Lipinski definition) is 6. The van der Waals surface area contributed by atoms with Gasteiger partial charge in [-0.05, 0) is 18.2 Å². The van der Waals surface area contributed by atoms with Crippen LogP contribution in [0, 0.1) is 10.1 Å². The third-order valence-electron chi connectivity index (χ3n) is 2.50. The molecule has 2 aromatic rings. The van der Waals surface area contributed by atoms with Gasteiger partial charge in [-0.25, -0.2) is 4.98 Å². The topological polar surface area (TPSA) is 103 Å². The zero-order valence-electron chi connectivity index (χ0n) is 10.7. The number of nitrogen functional groups attached to an aromatic ring is 1. The van der Waals surface area contributed by atoms with Gasteiger partial charge < -0.3 is 15.8 Å². The summed E-state index contributed by atoms with van der Waals surface area (Å²) in [6.07, 6.45) is 1.49. The van der Waals surface area contributed by atoms with Crippen LogP contribution in [0.25, 0.3) is 0 Å². The molecule has 1 aromatic heterocycles. The fraction of sp³-hybridized carbons (Fsp3) is 0.154. The Morgan fingerprint density at radius 3 is 2.95 bits per heavy atom. The van der Waals surface area contributed by atoms with Gasteiger partial charge in [-0.1, -0.05) is 6.07 Å². The second-order valence-corrected chi connectivity index (χ2v) is 3.98. The van der Waals surface area contributed by atoms with Gasteiger partial charge in [0, 0.05) is 24.0 Å². The average molecular weight is 274 g/mol. The normalized spacial score (nSPS) is 10.0. The lowest BCUT2D eigenvalue weighted by atomic mass is 10.3. The summed E-state index contributed by atoms with van der Waals surface area (Å²) in [5.41, 5.74) is 6.19. The molecule has 0 saturated carbocycles. The third-order valence-corrected chi connectivity index (χ3v) is 2.50. The van der Waals surface area contributed by atoms with Crippen molar-refractivity contribution >= 4 is 17.2 Å². The van der Waals surface area contributed by atoms with Crippen molar-refractivity contribution in [1.29, 1.82) is 0 Å². The molecule has 0 aliphatic rings. The number of pyridine rings is 1. The summed E-state index contributed by atoms with van der Waals surface area (Å²) < 4.78 is 5.47. The van der Waals surface area contributed by atoms with Crippen molar-refractivity contribution < 1.29 is 9.66 Å². The SMILES string of the molecule is Nc1cccc(OCCNc2ncccc2[N+](=O)[O-])c1. The van der Waals surface area contributed by atoms with Gasteiger partial charge in [0.05, 0.1) is 11.5 Å². The molecule has 0 bridgehead atoms. The minimum absolute atomic E-state index is 0.0588. The Hall–Kier alpha value is -2.83. The highest BCUT2D eigenvalue weighted by Crippen LogP contribution is 2.20. The smallest absolute Gasteiger partial charge is 0.311 e. The number of aromatic nitrogens is 1. The van der Waals surface area contributed by atoms with Crippen molar-refractivity contribution in [3.8, 4) is 5.75 Å². The highest BCUT2D eigenvalue weighted by molar-refractivity contribution is 5.55. The fourth-order valence-electron chi connectivity index (χ4n) is 1.62. The summed E-state index contributed by atoms with van der Waals surface area (Å²) in [4.78, 5) is 14.2. The summed E-state index contributed by atoms with van der Waals surface area (Å²) in [7, 11) is 0. The van der Waals surface area contributed by atoms with Gasteiger partial charge in [-0.3, -0.25) is 10.1 Å². The van der Waals surface area contributed by atoms with Crippen LogP contribution in [0.2, 0.25) is 0 Å². The number of nitrogens with one attached hydrogen (secondary N) is 1. The molecule has 0 radical (unpaired) electrons. The van der Waals surface area contributed by atoms with Crippen molar-refractivity contribution in [2.75, 3.05) is 24.2 Å². The Balaban J connectivity index is 1.86. The first kappa shape index (κ1) is 13.6. The summed E-state index contributed by atoms with van der Waals surface area (Å²) in [6, 6.07) is 9.98. The van der Waals surface area contributed by atoms with Crippen molar-refractivity contribution in [1.82, 2.24) is 4.98 Å². The number of rotatable bonds is 6. The lowest BCUT2D eigenvalue weighted by Crippen LogP contribution is -2.13. The molecule has 0 unspecified atom stereocenters. The van der Waals surface area contributed by atoms with Gasteiger partial charge in [0.1, 0.15) is 12.4 Å². The third kappa shape index (κ3) is 3.58. The molecule has 2 rings (SSSR count). The average Bonchev–Trinajstić information content (AvgIpc) is 2.44. The summed E-state index contributed by atoms with van der Waals surface area (Å²) in [6.45, 7) is 0.740. The van der Waals surface area contributed by atoms with Gasteiger partial charge in [0.2, 0.25) is 5.82 Å².